The molecule has 0 aromatic heterocycles. The van der Waals surface area contributed by atoms with E-state index in [4.69, 9.17) is 10.5 Å². The van der Waals surface area contributed by atoms with E-state index in [-0.39, 0.29) is 6.04 Å². The maximum atomic E-state index is 5.81. The molecule has 18 heavy (non-hydrogen) atoms. The Bertz CT molecular complexity index is 421. The highest BCUT2D eigenvalue weighted by Crippen LogP contribution is 2.16. The van der Waals surface area contributed by atoms with Gasteiger partial charge in [-0.2, -0.15) is 0 Å². The molecule has 0 spiro atoms. The molecule has 0 amide bonds. The van der Waals surface area contributed by atoms with Crippen molar-refractivity contribution in [2.75, 3.05) is 13.7 Å². The number of hydrogen-bond acceptors (Lipinski definition) is 2. The van der Waals surface area contributed by atoms with Gasteiger partial charge in [-0.1, -0.05) is 22.0 Å². The van der Waals surface area contributed by atoms with Gasteiger partial charge in [0.05, 0.1) is 13.2 Å². The van der Waals surface area contributed by atoms with E-state index in [1.165, 1.54) is 11.1 Å². The molecule has 3 N–H and O–H groups in total. The lowest BCUT2D eigenvalue weighted by atomic mass is 10.1. The number of halogens is 1. The van der Waals surface area contributed by atoms with Gasteiger partial charge in [0.1, 0.15) is 0 Å². The monoisotopic (exact) mass is 313 g/mol. The van der Waals surface area contributed by atoms with Crippen LogP contribution in [0.2, 0.25) is 0 Å². The quantitative estimate of drug-likeness (QED) is 0.647. The smallest absolute Gasteiger partial charge is 0.189 e. The zero-order valence-electron chi connectivity index (χ0n) is 11.0. The third-order valence-electron chi connectivity index (χ3n) is 2.54. The molecular weight excluding hydrogens is 294 g/mol. The van der Waals surface area contributed by atoms with E-state index < -0.39 is 0 Å². The molecule has 1 aromatic rings. The third kappa shape index (κ3) is 5.06. The third-order valence-corrected chi connectivity index (χ3v) is 3.03. The highest BCUT2D eigenvalue weighted by Gasteiger charge is 2.02. The molecule has 5 heteroatoms. The number of guanidine groups is 1. The van der Waals surface area contributed by atoms with Crippen molar-refractivity contribution in [3.05, 3.63) is 33.8 Å². The van der Waals surface area contributed by atoms with Crippen LogP contribution in [0.3, 0.4) is 0 Å². The minimum atomic E-state index is 0.157. The summed E-state index contributed by atoms with van der Waals surface area (Å²) in [6.07, 6.45) is 0. The number of rotatable bonds is 5. The molecule has 0 bridgehead atoms. The number of hydrogen-bond donors (Lipinski definition) is 2. The minimum absolute atomic E-state index is 0.157. The summed E-state index contributed by atoms with van der Waals surface area (Å²) in [6, 6.07) is 6.29. The first-order chi connectivity index (χ1) is 8.52. The standard InChI is InChI=1S/C13H20BrN3O/c1-9-6-12(14)5-4-11(9)7-16-13(15)17-10(2)8-18-3/h4-6,10H,7-8H2,1-3H3,(H3,15,16,17). The molecule has 0 aliphatic carbocycles. The number of benzene rings is 1. The summed E-state index contributed by atoms with van der Waals surface area (Å²) in [5.74, 6) is 0.446. The molecule has 1 unspecified atom stereocenters. The molecule has 1 aromatic carbocycles. The van der Waals surface area contributed by atoms with Crippen molar-refractivity contribution in [2.24, 2.45) is 10.7 Å². The Balaban J connectivity index is 2.57. The van der Waals surface area contributed by atoms with Crippen LogP contribution in [-0.2, 0) is 11.3 Å². The Morgan fingerprint density at radius 3 is 2.89 bits per heavy atom. The number of methoxy groups -OCH3 is 1. The van der Waals surface area contributed by atoms with Crippen molar-refractivity contribution < 1.29 is 4.74 Å². The van der Waals surface area contributed by atoms with Gasteiger partial charge in [-0.05, 0) is 37.1 Å². The van der Waals surface area contributed by atoms with Gasteiger partial charge in [0.15, 0.2) is 5.96 Å². The summed E-state index contributed by atoms with van der Waals surface area (Å²) < 4.78 is 6.10. The average Bonchev–Trinajstić information content (AvgIpc) is 2.28. The summed E-state index contributed by atoms with van der Waals surface area (Å²) in [7, 11) is 1.66. The summed E-state index contributed by atoms with van der Waals surface area (Å²) in [6.45, 7) is 5.24. The largest absolute Gasteiger partial charge is 0.383 e. The van der Waals surface area contributed by atoms with E-state index >= 15 is 0 Å². The number of nitrogens with two attached hydrogens (primary N) is 1. The molecule has 1 atom stereocenters. The number of aryl methyl sites for hydroxylation is 1. The fourth-order valence-electron chi connectivity index (χ4n) is 1.60. The van der Waals surface area contributed by atoms with Crippen LogP contribution in [0.5, 0.6) is 0 Å². The van der Waals surface area contributed by atoms with Gasteiger partial charge in [0, 0.05) is 17.6 Å². The van der Waals surface area contributed by atoms with Crippen LogP contribution in [0.1, 0.15) is 18.1 Å². The van der Waals surface area contributed by atoms with Crippen LogP contribution in [0.25, 0.3) is 0 Å². The van der Waals surface area contributed by atoms with E-state index in [1.54, 1.807) is 7.11 Å². The van der Waals surface area contributed by atoms with Gasteiger partial charge in [0.25, 0.3) is 0 Å². The SMILES string of the molecule is COCC(C)NC(N)=NCc1ccc(Br)cc1C. The van der Waals surface area contributed by atoms with Gasteiger partial charge < -0.3 is 15.8 Å². The highest BCUT2D eigenvalue weighted by molar-refractivity contribution is 9.10. The molecule has 1 rings (SSSR count). The van der Waals surface area contributed by atoms with Crippen LogP contribution in [0.4, 0.5) is 0 Å². The Hall–Kier alpha value is -1.07. The van der Waals surface area contributed by atoms with Crippen LogP contribution in [0.15, 0.2) is 27.7 Å². The zero-order valence-corrected chi connectivity index (χ0v) is 12.6. The fraction of sp³-hybridized carbons (Fsp3) is 0.462. The first-order valence-electron chi connectivity index (χ1n) is 5.83. The number of aliphatic imine (C=N–C) groups is 1. The first-order valence-corrected chi connectivity index (χ1v) is 6.62. The van der Waals surface area contributed by atoms with Crippen molar-refractivity contribution in [1.82, 2.24) is 5.32 Å². The molecule has 0 aliphatic rings. The van der Waals surface area contributed by atoms with E-state index in [2.05, 4.69) is 45.3 Å². The molecule has 0 heterocycles. The Morgan fingerprint density at radius 1 is 1.56 bits per heavy atom. The topological polar surface area (TPSA) is 59.6 Å². The van der Waals surface area contributed by atoms with Crippen LogP contribution in [-0.4, -0.2) is 25.7 Å². The molecule has 0 radical (unpaired) electrons. The predicted octanol–water partition coefficient (Wildman–Crippen LogP) is 2.20. The van der Waals surface area contributed by atoms with E-state index in [0.717, 1.165) is 4.47 Å². The van der Waals surface area contributed by atoms with E-state index in [1.807, 2.05) is 13.0 Å². The lowest BCUT2D eigenvalue weighted by molar-refractivity contribution is 0.179. The summed E-state index contributed by atoms with van der Waals surface area (Å²) >= 11 is 3.44. The zero-order chi connectivity index (χ0) is 13.5. The maximum Gasteiger partial charge on any atom is 0.189 e. The molecule has 0 saturated heterocycles. The minimum Gasteiger partial charge on any atom is -0.383 e. The van der Waals surface area contributed by atoms with Gasteiger partial charge in [-0.3, -0.25) is 0 Å². The van der Waals surface area contributed by atoms with Crippen molar-refractivity contribution >= 4 is 21.9 Å². The van der Waals surface area contributed by atoms with Gasteiger partial charge in [0.2, 0.25) is 0 Å². The van der Waals surface area contributed by atoms with Gasteiger partial charge in [-0.25, -0.2) is 4.99 Å². The second kappa shape index (κ2) is 7.38. The molecule has 0 aliphatic heterocycles. The molecular formula is C13H20BrN3O. The summed E-state index contributed by atoms with van der Waals surface area (Å²) in [5, 5.41) is 3.08. The lowest BCUT2D eigenvalue weighted by Crippen LogP contribution is -2.40. The maximum absolute atomic E-state index is 5.81. The van der Waals surface area contributed by atoms with E-state index in [9.17, 15) is 0 Å². The van der Waals surface area contributed by atoms with Crippen LogP contribution in [0, 0.1) is 6.92 Å². The second-order valence-electron chi connectivity index (χ2n) is 4.27. The Kier molecular flexibility index (Phi) is 6.15. The molecule has 0 saturated carbocycles. The Labute approximate surface area is 117 Å². The summed E-state index contributed by atoms with van der Waals surface area (Å²) in [5.41, 5.74) is 8.18. The van der Waals surface area contributed by atoms with Crippen LogP contribution < -0.4 is 11.1 Å². The van der Waals surface area contributed by atoms with Crippen molar-refractivity contribution in [2.45, 2.75) is 26.4 Å². The molecule has 100 valence electrons. The number of ether oxygens (including phenoxy) is 1. The van der Waals surface area contributed by atoms with Gasteiger partial charge >= 0.3 is 0 Å². The highest BCUT2D eigenvalue weighted by atomic mass is 79.9. The lowest BCUT2D eigenvalue weighted by Gasteiger charge is -2.13. The summed E-state index contributed by atoms with van der Waals surface area (Å²) in [4.78, 5) is 4.32. The molecule has 4 nitrogen and oxygen atoms in total. The van der Waals surface area contributed by atoms with E-state index in [0.29, 0.717) is 19.1 Å². The first kappa shape index (κ1) is 15.0. The number of nitrogens with one attached hydrogen (secondary N) is 1. The molecule has 0 fully saturated rings. The van der Waals surface area contributed by atoms with Crippen LogP contribution >= 0.6 is 15.9 Å². The number of nitrogens with zero attached hydrogens (tertiary/aromatic N) is 1. The van der Waals surface area contributed by atoms with Crippen molar-refractivity contribution in [3.8, 4) is 0 Å². The average molecular weight is 314 g/mol. The second-order valence-corrected chi connectivity index (χ2v) is 5.19. The van der Waals surface area contributed by atoms with Crippen molar-refractivity contribution in [3.63, 3.8) is 0 Å². The predicted molar refractivity (Wildman–Crippen MR) is 78.7 cm³/mol. The Morgan fingerprint density at radius 2 is 2.28 bits per heavy atom. The van der Waals surface area contributed by atoms with Gasteiger partial charge in [-0.15, -0.1) is 0 Å². The fourth-order valence-corrected chi connectivity index (χ4v) is 2.07. The normalized spacial score (nSPS) is 13.4. The van der Waals surface area contributed by atoms with Crippen molar-refractivity contribution in [1.29, 1.82) is 0 Å².